The van der Waals surface area contributed by atoms with Gasteiger partial charge in [0.05, 0.1) is 12.1 Å². The SMILES string of the molecule is CCNC(=O)OC[C@@H](NC(=O)NC(C(=O)N1CC2CC2C1C(=O)NC(CC1CC1)C(=O)C(N)=O)C(C)(C)C)C(C)(C)C. The lowest BCUT2D eigenvalue weighted by molar-refractivity contribution is -0.144. The number of urea groups is 1. The van der Waals surface area contributed by atoms with Gasteiger partial charge in [0.25, 0.3) is 5.91 Å². The van der Waals surface area contributed by atoms with E-state index in [1.54, 1.807) is 6.92 Å². The van der Waals surface area contributed by atoms with Gasteiger partial charge in [-0.15, -0.1) is 0 Å². The van der Waals surface area contributed by atoms with E-state index in [1.165, 1.54) is 4.90 Å². The molecule has 3 rings (SSSR count). The highest BCUT2D eigenvalue weighted by Gasteiger charge is 2.58. The quantitative estimate of drug-likeness (QED) is 0.209. The third kappa shape index (κ3) is 8.57. The fraction of sp³-hybridized carbons (Fsp3) is 0.793. The van der Waals surface area contributed by atoms with Gasteiger partial charge in [-0.1, -0.05) is 54.4 Å². The van der Waals surface area contributed by atoms with Gasteiger partial charge in [-0.25, -0.2) is 9.59 Å². The van der Waals surface area contributed by atoms with Crippen LogP contribution >= 0.6 is 0 Å². The summed E-state index contributed by atoms with van der Waals surface area (Å²) >= 11 is 0. The van der Waals surface area contributed by atoms with Crippen LogP contribution in [0, 0.1) is 28.6 Å². The highest BCUT2D eigenvalue weighted by molar-refractivity contribution is 6.37. The first-order valence-electron chi connectivity index (χ1n) is 14.9. The van der Waals surface area contributed by atoms with Crippen LogP contribution < -0.4 is 27.0 Å². The third-order valence-electron chi connectivity index (χ3n) is 8.28. The normalized spacial score (nSPS) is 23.5. The molecule has 0 aromatic rings. The number of carbonyl (C=O) groups is 6. The summed E-state index contributed by atoms with van der Waals surface area (Å²) in [6.45, 7) is 13.6. The zero-order valence-corrected chi connectivity index (χ0v) is 25.9. The van der Waals surface area contributed by atoms with Crippen molar-refractivity contribution in [3.63, 3.8) is 0 Å². The van der Waals surface area contributed by atoms with Crippen molar-refractivity contribution in [1.82, 2.24) is 26.2 Å². The van der Waals surface area contributed by atoms with Crippen molar-refractivity contribution in [2.75, 3.05) is 19.7 Å². The number of ether oxygens (including phenoxy) is 1. The van der Waals surface area contributed by atoms with Gasteiger partial charge in [-0.3, -0.25) is 19.2 Å². The third-order valence-corrected chi connectivity index (χ3v) is 8.28. The molecule has 2 saturated carbocycles. The second-order valence-electron chi connectivity index (χ2n) is 14.0. The van der Waals surface area contributed by atoms with Gasteiger partial charge in [-0.05, 0) is 48.3 Å². The molecular formula is C29H48N6O7. The van der Waals surface area contributed by atoms with Crippen LogP contribution in [0.15, 0.2) is 0 Å². The van der Waals surface area contributed by atoms with Crippen LogP contribution in [0.25, 0.3) is 0 Å². The van der Waals surface area contributed by atoms with E-state index in [4.69, 9.17) is 10.5 Å². The van der Waals surface area contributed by atoms with Crippen LogP contribution in [-0.2, 0) is 23.9 Å². The fourth-order valence-electron chi connectivity index (χ4n) is 5.38. The molecule has 0 spiro atoms. The Morgan fingerprint density at radius 2 is 1.60 bits per heavy atom. The van der Waals surface area contributed by atoms with Crippen LogP contribution in [0.1, 0.15) is 74.1 Å². The molecule has 42 heavy (non-hydrogen) atoms. The number of alkyl carbamates (subject to hydrolysis) is 1. The van der Waals surface area contributed by atoms with Crippen molar-refractivity contribution in [2.45, 2.75) is 98.3 Å². The van der Waals surface area contributed by atoms with Crippen molar-refractivity contribution in [3.8, 4) is 0 Å². The number of amides is 6. The van der Waals surface area contributed by atoms with E-state index in [1.807, 2.05) is 41.5 Å². The number of likely N-dealkylation sites (tertiary alicyclic amines) is 1. The highest BCUT2D eigenvalue weighted by atomic mass is 16.5. The molecule has 236 valence electrons. The minimum Gasteiger partial charge on any atom is -0.447 e. The van der Waals surface area contributed by atoms with Crippen LogP contribution in [0.4, 0.5) is 9.59 Å². The van der Waals surface area contributed by atoms with Crippen molar-refractivity contribution in [3.05, 3.63) is 0 Å². The second-order valence-corrected chi connectivity index (χ2v) is 14.0. The molecule has 1 heterocycles. The summed E-state index contributed by atoms with van der Waals surface area (Å²) in [7, 11) is 0. The number of hydrogen-bond acceptors (Lipinski definition) is 7. The van der Waals surface area contributed by atoms with Gasteiger partial charge in [0.2, 0.25) is 17.6 Å². The first-order valence-corrected chi connectivity index (χ1v) is 14.9. The Kier molecular flexibility index (Phi) is 10.1. The van der Waals surface area contributed by atoms with Crippen molar-refractivity contribution < 1.29 is 33.5 Å². The van der Waals surface area contributed by atoms with Gasteiger partial charge in [0, 0.05) is 13.1 Å². The minimum atomic E-state index is -1.10. The number of nitrogens with two attached hydrogens (primary N) is 1. The Balaban J connectivity index is 1.72. The van der Waals surface area contributed by atoms with Crippen LogP contribution in [0.2, 0.25) is 0 Å². The monoisotopic (exact) mass is 592 g/mol. The largest absolute Gasteiger partial charge is 0.447 e. The standard InChI is InChI=1S/C29H48N6O7/c1-8-31-27(41)42-14-19(28(2,3)4)33-26(40)34-22(29(5,6)7)25(39)35-13-16-12-17(16)20(35)24(38)32-18(11-15-9-10-15)21(36)23(30)37/h15-20,22H,8-14H2,1-7H3,(H2,30,37)(H,31,41)(H,32,38)(H2,33,34,40)/t16?,17?,18?,19-,20?,22?/m1/s1. The predicted molar refractivity (Wildman–Crippen MR) is 154 cm³/mol. The summed E-state index contributed by atoms with van der Waals surface area (Å²) in [5.41, 5.74) is 4.05. The molecule has 6 amide bonds. The average molecular weight is 593 g/mol. The summed E-state index contributed by atoms with van der Waals surface area (Å²) in [5.74, 6) is -2.47. The Morgan fingerprint density at radius 3 is 2.12 bits per heavy atom. The number of hydrogen-bond donors (Lipinski definition) is 5. The Hall–Kier alpha value is -3.38. The molecular weight excluding hydrogens is 544 g/mol. The number of nitrogens with one attached hydrogen (secondary N) is 4. The van der Waals surface area contributed by atoms with Gasteiger partial charge in [0.1, 0.15) is 18.7 Å². The predicted octanol–water partition coefficient (Wildman–Crippen LogP) is 1.05. The van der Waals surface area contributed by atoms with Crippen LogP contribution in [-0.4, -0.2) is 84.4 Å². The maximum Gasteiger partial charge on any atom is 0.407 e. The molecule has 2 aliphatic carbocycles. The van der Waals surface area contributed by atoms with E-state index >= 15 is 0 Å². The average Bonchev–Trinajstić information content (AvgIpc) is 3.80. The molecule has 3 fully saturated rings. The zero-order valence-electron chi connectivity index (χ0n) is 25.9. The smallest absolute Gasteiger partial charge is 0.407 e. The van der Waals surface area contributed by atoms with Gasteiger partial charge in [-0.2, -0.15) is 0 Å². The number of nitrogens with zero attached hydrogens (tertiary/aromatic N) is 1. The molecule has 13 heteroatoms. The Labute approximate surface area is 247 Å². The summed E-state index contributed by atoms with van der Waals surface area (Å²) in [4.78, 5) is 78.1. The highest BCUT2D eigenvalue weighted by Crippen LogP contribution is 2.50. The molecule has 1 aliphatic heterocycles. The molecule has 0 bridgehead atoms. The number of carbonyl (C=O) groups excluding carboxylic acids is 6. The number of primary amides is 1. The van der Waals surface area contributed by atoms with E-state index in [0.29, 0.717) is 19.5 Å². The molecule has 0 radical (unpaired) electrons. The number of piperidine rings is 1. The maximum absolute atomic E-state index is 14.0. The molecule has 5 unspecified atom stereocenters. The first kappa shape index (κ1) is 33.1. The summed E-state index contributed by atoms with van der Waals surface area (Å²) < 4.78 is 5.26. The van der Waals surface area contributed by atoms with Crippen molar-refractivity contribution >= 4 is 35.6 Å². The summed E-state index contributed by atoms with van der Waals surface area (Å²) in [5, 5.41) is 10.9. The van der Waals surface area contributed by atoms with E-state index in [0.717, 1.165) is 19.3 Å². The van der Waals surface area contributed by atoms with E-state index in [9.17, 15) is 28.8 Å². The van der Waals surface area contributed by atoms with Gasteiger partial charge < -0.3 is 36.6 Å². The van der Waals surface area contributed by atoms with E-state index in [-0.39, 0.29) is 24.4 Å². The van der Waals surface area contributed by atoms with Crippen LogP contribution in [0.5, 0.6) is 0 Å². The molecule has 0 aromatic heterocycles. The zero-order chi connectivity index (χ0) is 31.6. The number of fused-ring (bicyclic) bond motifs is 1. The Morgan fingerprint density at radius 1 is 0.952 bits per heavy atom. The number of ketones is 1. The Bertz CT molecular complexity index is 1080. The molecule has 0 aromatic carbocycles. The lowest BCUT2D eigenvalue weighted by Gasteiger charge is -2.37. The molecule has 13 nitrogen and oxygen atoms in total. The lowest BCUT2D eigenvalue weighted by atomic mass is 9.85. The van der Waals surface area contributed by atoms with Gasteiger partial charge >= 0.3 is 12.1 Å². The molecule has 6 atom stereocenters. The topological polar surface area (TPSA) is 189 Å². The van der Waals surface area contributed by atoms with Crippen molar-refractivity contribution in [2.24, 2.45) is 34.3 Å². The second kappa shape index (κ2) is 12.9. The lowest BCUT2D eigenvalue weighted by Crippen LogP contribution is -2.62. The van der Waals surface area contributed by atoms with E-state index < -0.39 is 70.6 Å². The molecule has 3 aliphatic rings. The van der Waals surface area contributed by atoms with E-state index in [2.05, 4.69) is 21.3 Å². The first-order chi connectivity index (χ1) is 19.4. The van der Waals surface area contributed by atoms with Crippen molar-refractivity contribution in [1.29, 1.82) is 0 Å². The molecule has 1 saturated heterocycles. The maximum atomic E-state index is 14.0. The number of rotatable bonds is 12. The van der Waals surface area contributed by atoms with Gasteiger partial charge in [0.15, 0.2) is 0 Å². The molecule has 6 N–H and O–H groups in total. The summed E-state index contributed by atoms with van der Waals surface area (Å²) in [6, 6.07) is -3.97. The van der Waals surface area contributed by atoms with Crippen LogP contribution in [0.3, 0.4) is 0 Å². The fourth-order valence-corrected chi connectivity index (χ4v) is 5.38. The number of Topliss-reactive ketones (excluding diaryl/α,β-unsaturated/α-hetero) is 1. The summed E-state index contributed by atoms with van der Waals surface area (Å²) in [6.07, 6.45) is 2.38. The minimum absolute atomic E-state index is 0.0506.